The molecule has 138 valence electrons. The summed E-state index contributed by atoms with van der Waals surface area (Å²) in [6, 6.07) is 11.6. The number of halogens is 3. The van der Waals surface area contributed by atoms with Gasteiger partial charge in [0, 0.05) is 16.1 Å². The lowest BCUT2D eigenvalue weighted by molar-refractivity contribution is 0.0586. The molecular formula is C18H12Cl2IN3O3. The van der Waals surface area contributed by atoms with Crippen LogP contribution >= 0.6 is 45.8 Å². The Morgan fingerprint density at radius 2 is 1.89 bits per heavy atom. The molecule has 0 radical (unpaired) electrons. The topological polar surface area (TPSA) is 74.1 Å². The third-order valence-corrected chi connectivity index (χ3v) is 4.96. The second-order valence-electron chi connectivity index (χ2n) is 5.36. The molecule has 0 atom stereocenters. The van der Waals surface area contributed by atoms with Crippen LogP contribution in [-0.4, -0.2) is 33.6 Å². The average Bonchev–Trinajstić information content (AvgIpc) is 3.11. The Labute approximate surface area is 178 Å². The summed E-state index contributed by atoms with van der Waals surface area (Å²) >= 11 is 14.4. The molecule has 6 nitrogen and oxygen atoms in total. The smallest absolute Gasteiger partial charge is 0.377 e. The lowest BCUT2D eigenvalue weighted by atomic mass is 10.0. The third kappa shape index (κ3) is 3.99. The number of nitrogens with zero attached hydrogens (tertiary/aromatic N) is 3. The van der Waals surface area contributed by atoms with E-state index in [-0.39, 0.29) is 11.6 Å². The second kappa shape index (κ2) is 8.37. The van der Waals surface area contributed by atoms with Crippen molar-refractivity contribution in [3.05, 3.63) is 75.3 Å². The zero-order valence-corrected chi connectivity index (χ0v) is 17.6. The van der Waals surface area contributed by atoms with E-state index in [1.807, 2.05) is 0 Å². The number of carbonyl (C=O) groups excluding carboxylic acids is 2. The van der Waals surface area contributed by atoms with E-state index in [1.165, 1.54) is 11.8 Å². The van der Waals surface area contributed by atoms with Crippen molar-refractivity contribution in [2.24, 2.45) is 0 Å². The minimum Gasteiger partial charge on any atom is -0.463 e. The fourth-order valence-electron chi connectivity index (χ4n) is 2.47. The lowest BCUT2D eigenvalue weighted by Crippen LogP contribution is -2.11. The number of carbonyl (C=O) groups is 2. The van der Waals surface area contributed by atoms with Crippen molar-refractivity contribution >= 4 is 57.5 Å². The van der Waals surface area contributed by atoms with Crippen LogP contribution in [0.2, 0.25) is 10.0 Å². The first kappa shape index (κ1) is 19.8. The third-order valence-electron chi connectivity index (χ3n) is 3.71. The number of ether oxygens (including phenoxy) is 1. The van der Waals surface area contributed by atoms with Crippen LogP contribution in [0.4, 0.5) is 0 Å². The van der Waals surface area contributed by atoms with E-state index in [0.717, 1.165) is 0 Å². The number of hydrogen-bond acceptors (Lipinski definition) is 5. The van der Waals surface area contributed by atoms with Gasteiger partial charge in [0.1, 0.15) is 5.82 Å². The summed E-state index contributed by atoms with van der Waals surface area (Å²) in [5.74, 6) is -0.567. The van der Waals surface area contributed by atoms with E-state index in [2.05, 4.69) is 37.4 Å². The highest BCUT2D eigenvalue weighted by Crippen LogP contribution is 2.26. The summed E-state index contributed by atoms with van der Waals surface area (Å²) in [5, 5.41) is 4.93. The highest BCUT2D eigenvalue weighted by molar-refractivity contribution is 14.1. The van der Waals surface area contributed by atoms with E-state index in [9.17, 15) is 9.59 Å². The van der Waals surface area contributed by atoms with Crippen LogP contribution in [0.3, 0.4) is 0 Å². The molecule has 0 bridgehead atoms. The Bertz CT molecular complexity index is 1040. The Kier molecular flexibility index (Phi) is 6.13. The van der Waals surface area contributed by atoms with E-state index >= 15 is 0 Å². The second-order valence-corrected chi connectivity index (χ2v) is 6.97. The van der Waals surface area contributed by atoms with E-state index in [0.29, 0.717) is 37.1 Å². The van der Waals surface area contributed by atoms with Gasteiger partial charge in [0.2, 0.25) is 0 Å². The van der Waals surface area contributed by atoms with Crippen LogP contribution in [0.5, 0.6) is 0 Å². The van der Waals surface area contributed by atoms with Crippen LogP contribution in [-0.2, 0) is 9.16 Å². The molecule has 0 aliphatic carbocycles. The molecule has 3 rings (SSSR count). The Balaban J connectivity index is 2.19. The van der Waals surface area contributed by atoms with Crippen molar-refractivity contribution in [3.63, 3.8) is 0 Å². The van der Waals surface area contributed by atoms with Crippen LogP contribution in [0, 0.1) is 0 Å². The molecule has 3 aromatic rings. The Morgan fingerprint density at radius 3 is 2.56 bits per heavy atom. The molecule has 0 spiro atoms. The van der Waals surface area contributed by atoms with Crippen LogP contribution in [0.25, 0.3) is 5.69 Å². The number of alkyl halides is 1. The first-order valence-corrected chi connectivity index (χ1v) is 9.93. The highest BCUT2D eigenvalue weighted by atomic mass is 127. The minimum atomic E-state index is -0.659. The predicted molar refractivity (Wildman–Crippen MR) is 110 cm³/mol. The monoisotopic (exact) mass is 515 g/mol. The van der Waals surface area contributed by atoms with Crippen LogP contribution < -0.4 is 0 Å². The number of esters is 1. The molecule has 0 aliphatic heterocycles. The summed E-state index contributed by atoms with van der Waals surface area (Å²) in [5.41, 5.74) is 1.08. The van der Waals surface area contributed by atoms with E-state index in [1.54, 1.807) is 42.5 Å². The highest BCUT2D eigenvalue weighted by Gasteiger charge is 2.23. The van der Waals surface area contributed by atoms with Gasteiger partial charge < -0.3 is 4.74 Å². The summed E-state index contributed by atoms with van der Waals surface area (Å²) in [6.07, 6.45) is 0. The van der Waals surface area contributed by atoms with Gasteiger partial charge >= 0.3 is 5.97 Å². The summed E-state index contributed by atoms with van der Waals surface area (Å²) in [4.78, 5) is 29.1. The van der Waals surface area contributed by atoms with Gasteiger partial charge in [-0.05, 0) is 30.3 Å². The molecule has 0 saturated heterocycles. The van der Waals surface area contributed by atoms with Gasteiger partial charge in [0.25, 0.3) is 5.82 Å². The molecule has 0 saturated carbocycles. The lowest BCUT2D eigenvalue weighted by Gasteiger charge is -2.11. The van der Waals surface area contributed by atoms with Crippen molar-refractivity contribution in [2.75, 3.05) is 7.11 Å². The molecule has 9 heteroatoms. The summed E-state index contributed by atoms with van der Waals surface area (Å²) < 4.78 is 6.59. The van der Waals surface area contributed by atoms with E-state index in [4.69, 9.17) is 23.2 Å². The SMILES string of the molecule is COC(=O)c1nc(CI)n(-c2ccc(Cl)cc2C(=O)c2ccccc2Cl)n1. The van der Waals surface area contributed by atoms with Gasteiger partial charge in [-0.3, -0.25) is 4.79 Å². The first-order chi connectivity index (χ1) is 13.0. The predicted octanol–water partition coefficient (Wildman–Crippen LogP) is 4.53. The van der Waals surface area contributed by atoms with Crippen molar-refractivity contribution in [1.82, 2.24) is 14.8 Å². The molecule has 2 aromatic carbocycles. The summed E-state index contributed by atoms with van der Waals surface area (Å²) in [7, 11) is 1.25. The Hall–Kier alpha value is -1.97. The quantitative estimate of drug-likeness (QED) is 0.216. The zero-order chi connectivity index (χ0) is 19.6. The number of hydrogen-bond donors (Lipinski definition) is 0. The van der Waals surface area contributed by atoms with Gasteiger partial charge in [-0.15, -0.1) is 5.10 Å². The van der Waals surface area contributed by atoms with Crippen molar-refractivity contribution in [1.29, 1.82) is 0 Å². The number of ketones is 1. The molecule has 0 aliphatic rings. The van der Waals surface area contributed by atoms with Crippen LogP contribution in [0.15, 0.2) is 42.5 Å². The largest absolute Gasteiger partial charge is 0.463 e. The summed E-state index contributed by atoms with van der Waals surface area (Å²) in [6.45, 7) is 0. The maximum absolute atomic E-state index is 13.1. The zero-order valence-electron chi connectivity index (χ0n) is 13.9. The Morgan fingerprint density at radius 1 is 1.15 bits per heavy atom. The van der Waals surface area contributed by atoms with Gasteiger partial charge in [-0.25, -0.2) is 14.5 Å². The van der Waals surface area contributed by atoms with Crippen molar-refractivity contribution in [3.8, 4) is 5.69 Å². The fraction of sp³-hybridized carbons (Fsp3) is 0.111. The maximum atomic E-state index is 13.1. The molecule has 0 fully saturated rings. The molecule has 0 N–H and O–H groups in total. The standard InChI is InChI=1S/C18H12Cl2IN3O3/c1-27-18(26)17-22-15(9-21)24(23-17)14-7-6-10(19)8-12(14)16(25)11-4-2-3-5-13(11)20/h2-8H,9H2,1H3. The molecule has 27 heavy (non-hydrogen) atoms. The van der Waals surface area contributed by atoms with Gasteiger partial charge in [-0.1, -0.05) is 57.9 Å². The first-order valence-electron chi connectivity index (χ1n) is 7.65. The van der Waals surface area contributed by atoms with Gasteiger partial charge in [0.05, 0.1) is 22.2 Å². The number of aromatic nitrogens is 3. The molecular weight excluding hydrogens is 504 g/mol. The molecule has 0 unspecified atom stereocenters. The van der Waals surface area contributed by atoms with Gasteiger partial charge in [0.15, 0.2) is 5.78 Å². The van der Waals surface area contributed by atoms with Gasteiger partial charge in [-0.2, -0.15) is 0 Å². The molecule has 1 heterocycles. The molecule has 1 aromatic heterocycles. The average molecular weight is 516 g/mol. The van der Waals surface area contributed by atoms with Crippen LogP contribution in [0.1, 0.15) is 32.4 Å². The number of methoxy groups -OCH3 is 1. The maximum Gasteiger partial charge on any atom is 0.377 e. The van der Waals surface area contributed by atoms with E-state index < -0.39 is 5.97 Å². The molecule has 0 amide bonds. The number of rotatable bonds is 5. The van der Waals surface area contributed by atoms with Crippen molar-refractivity contribution < 1.29 is 14.3 Å². The number of benzene rings is 2. The van der Waals surface area contributed by atoms with Crippen molar-refractivity contribution in [2.45, 2.75) is 4.43 Å². The minimum absolute atomic E-state index is 0.0877. The fourth-order valence-corrected chi connectivity index (χ4v) is 3.35. The normalized spacial score (nSPS) is 10.7.